The standard InChI is InChI=1S/C22H34O2Si/c1-7-25(8-2,9-3)16-13-19(23)21-17-12-15(4)10-11-18(17)22(5,6)24-20(21)14-16/h12-14,17-18,23H,7-11H2,1-6H3/t17-,18-/m1/s1. The number of hydrogen-bond acceptors (Lipinski definition) is 2. The third kappa shape index (κ3) is 2.95. The van der Waals surface area contributed by atoms with Crippen LogP contribution in [0.1, 0.15) is 65.9 Å². The smallest absolute Gasteiger partial charge is 0.127 e. The lowest BCUT2D eigenvalue weighted by molar-refractivity contribution is 0.0109. The average Bonchev–Trinajstić information content (AvgIpc) is 2.55. The van der Waals surface area contributed by atoms with Crippen molar-refractivity contribution >= 4 is 13.3 Å². The Kier molecular flexibility index (Phi) is 4.82. The predicted octanol–water partition coefficient (Wildman–Crippen LogP) is 5.72. The van der Waals surface area contributed by atoms with Crippen molar-refractivity contribution in [1.29, 1.82) is 0 Å². The Labute approximate surface area is 154 Å². The van der Waals surface area contributed by atoms with Crippen molar-refractivity contribution in [3.63, 3.8) is 0 Å². The summed E-state index contributed by atoms with van der Waals surface area (Å²) in [5.74, 6) is 2.10. The Morgan fingerprint density at radius 1 is 1.16 bits per heavy atom. The molecule has 1 aromatic carbocycles. The highest BCUT2D eigenvalue weighted by Crippen LogP contribution is 2.53. The van der Waals surface area contributed by atoms with Crippen LogP contribution in [0.2, 0.25) is 18.1 Å². The van der Waals surface area contributed by atoms with Gasteiger partial charge >= 0.3 is 0 Å². The van der Waals surface area contributed by atoms with Crippen molar-refractivity contribution in [2.75, 3.05) is 0 Å². The van der Waals surface area contributed by atoms with Crippen LogP contribution in [0.25, 0.3) is 0 Å². The van der Waals surface area contributed by atoms with Gasteiger partial charge in [-0.05, 0) is 45.7 Å². The highest BCUT2D eigenvalue weighted by Gasteiger charge is 2.45. The number of phenolic OH excluding ortho intramolecular Hbond substituents is 1. The highest BCUT2D eigenvalue weighted by atomic mass is 28.3. The van der Waals surface area contributed by atoms with E-state index in [1.807, 2.05) is 0 Å². The van der Waals surface area contributed by atoms with Gasteiger partial charge < -0.3 is 9.84 Å². The molecule has 0 bridgehead atoms. The van der Waals surface area contributed by atoms with Crippen molar-refractivity contribution in [2.24, 2.45) is 5.92 Å². The molecule has 0 amide bonds. The highest BCUT2D eigenvalue weighted by molar-refractivity contribution is 6.91. The van der Waals surface area contributed by atoms with Crippen molar-refractivity contribution in [3.8, 4) is 11.5 Å². The summed E-state index contributed by atoms with van der Waals surface area (Å²) < 4.78 is 6.51. The molecular formula is C22H34O2Si. The molecule has 0 radical (unpaired) electrons. The minimum atomic E-state index is -1.54. The van der Waals surface area contributed by atoms with Crippen LogP contribution in [0.5, 0.6) is 11.5 Å². The molecule has 25 heavy (non-hydrogen) atoms. The molecule has 3 heteroatoms. The maximum Gasteiger partial charge on any atom is 0.127 e. The SMILES string of the molecule is CC[Si](CC)(CC)c1cc(O)c2c(c1)OC(C)(C)[C@@H]1CCC(C)=C[C@@H]21. The molecule has 0 aromatic heterocycles. The molecule has 0 unspecified atom stereocenters. The average molecular weight is 359 g/mol. The molecule has 1 aliphatic carbocycles. The molecular weight excluding hydrogens is 324 g/mol. The minimum absolute atomic E-state index is 0.186. The zero-order chi connectivity index (χ0) is 18.4. The van der Waals surface area contributed by atoms with Crippen LogP contribution in [0.3, 0.4) is 0 Å². The van der Waals surface area contributed by atoms with Gasteiger partial charge in [0.2, 0.25) is 0 Å². The van der Waals surface area contributed by atoms with Gasteiger partial charge in [0.1, 0.15) is 17.1 Å². The topological polar surface area (TPSA) is 29.5 Å². The maximum absolute atomic E-state index is 11.0. The molecule has 0 fully saturated rings. The van der Waals surface area contributed by atoms with E-state index in [1.54, 1.807) is 0 Å². The molecule has 2 nitrogen and oxygen atoms in total. The van der Waals surface area contributed by atoms with Gasteiger partial charge in [-0.15, -0.1) is 0 Å². The van der Waals surface area contributed by atoms with Crippen LogP contribution >= 0.6 is 0 Å². The van der Waals surface area contributed by atoms with Gasteiger partial charge in [0.05, 0.1) is 8.07 Å². The second-order valence-electron chi connectivity index (χ2n) is 8.64. The third-order valence-electron chi connectivity index (χ3n) is 7.11. The Morgan fingerprint density at radius 2 is 1.80 bits per heavy atom. The van der Waals surface area contributed by atoms with Gasteiger partial charge in [-0.3, -0.25) is 0 Å². The zero-order valence-electron chi connectivity index (χ0n) is 16.8. The second kappa shape index (κ2) is 6.50. The fourth-order valence-corrected chi connectivity index (χ4v) is 8.80. The Bertz CT molecular complexity index is 677. The monoisotopic (exact) mass is 358 g/mol. The molecule has 0 saturated carbocycles. The number of rotatable bonds is 4. The molecule has 1 N–H and O–H groups in total. The van der Waals surface area contributed by atoms with E-state index in [-0.39, 0.29) is 11.5 Å². The molecule has 0 spiro atoms. The first-order chi connectivity index (χ1) is 11.8. The first-order valence-corrected chi connectivity index (χ1v) is 12.6. The van der Waals surface area contributed by atoms with Crippen molar-refractivity contribution in [2.45, 2.75) is 84.0 Å². The Morgan fingerprint density at radius 3 is 2.40 bits per heavy atom. The van der Waals surface area contributed by atoms with Gasteiger partial charge in [0.15, 0.2) is 0 Å². The lowest BCUT2D eigenvalue weighted by Gasteiger charge is -2.47. The lowest BCUT2D eigenvalue weighted by atomic mass is 9.68. The molecule has 0 saturated heterocycles. The summed E-state index contributed by atoms with van der Waals surface area (Å²) >= 11 is 0. The van der Waals surface area contributed by atoms with Gasteiger partial charge in [-0.25, -0.2) is 0 Å². The van der Waals surface area contributed by atoms with E-state index in [2.05, 4.69) is 59.8 Å². The van der Waals surface area contributed by atoms with Gasteiger partial charge in [0, 0.05) is 17.4 Å². The van der Waals surface area contributed by atoms with Crippen LogP contribution in [0.15, 0.2) is 23.8 Å². The maximum atomic E-state index is 11.0. The summed E-state index contributed by atoms with van der Waals surface area (Å²) in [4.78, 5) is 0. The summed E-state index contributed by atoms with van der Waals surface area (Å²) in [6, 6.07) is 8.01. The number of hydrogen-bond donors (Lipinski definition) is 1. The summed E-state index contributed by atoms with van der Waals surface area (Å²) in [6.07, 6.45) is 4.65. The molecule has 1 aliphatic heterocycles. The molecule has 1 aromatic rings. The molecule has 138 valence electrons. The van der Waals surface area contributed by atoms with E-state index in [1.165, 1.54) is 28.9 Å². The van der Waals surface area contributed by atoms with E-state index in [0.29, 0.717) is 11.7 Å². The second-order valence-corrected chi connectivity index (χ2v) is 13.9. The van der Waals surface area contributed by atoms with Crippen LogP contribution in [-0.2, 0) is 0 Å². The summed E-state index contributed by atoms with van der Waals surface area (Å²) in [7, 11) is -1.54. The van der Waals surface area contributed by atoms with Crippen LogP contribution < -0.4 is 9.92 Å². The van der Waals surface area contributed by atoms with E-state index in [9.17, 15) is 5.11 Å². The minimum Gasteiger partial charge on any atom is -0.508 e. The fourth-order valence-electron chi connectivity index (χ4n) is 5.19. The Hall–Kier alpha value is -1.22. The largest absolute Gasteiger partial charge is 0.508 e. The van der Waals surface area contributed by atoms with Crippen LogP contribution in [0.4, 0.5) is 0 Å². The summed E-state index contributed by atoms with van der Waals surface area (Å²) in [5.41, 5.74) is 2.28. The Balaban J connectivity index is 2.17. The molecule has 1 heterocycles. The predicted molar refractivity (Wildman–Crippen MR) is 109 cm³/mol. The summed E-state index contributed by atoms with van der Waals surface area (Å²) in [5, 5.41) is 12.4. The zero-order valence-corrected chi connectivity index (χ0v) is 17.8. The fraction of sp³-hybridized carbons (Fsp3) is 0.636. The van der Waals surface area contributed by atoms with E-state index >= 15 is 0 Å². The number of allylic oxidation sites excluding steroid dienone is 2. The van der Waals surface area contributed by atoms with E-state index in [4.69, 9.17) is 4.74 Å². The molecule has 2 aliphatic rings. The number of phenols is 1. The van der Waals surface area contributed by atoms with Gasteiger partial charge in [0.25, 0.3) is 0 Å². The van der Waals surface area contributed by atoms with Crippen molar-refractivity contribution < 1.29 is 9.84 Å². The quantitative estimate of drug-likeness (QED) is 0.551. The summed E-state index contributed by atoms with van der Waals surface area (Å²) in [6.45, 7) is 13.6. The van der Waals surface area contributed by atoms with Gasteiger partial charge in [-0.2, -0.15) is 0 Å². The third-order valence-corrected chi connectivity index (χ3v) is 12.7. The number of aromatic hydroxyl groups is 1. The van der Waals surface area contributed by atoms with Crippen molar-refractivity contribution in [1.82, 2.24) is 0 Å². The van der Waals surface area contributed by atoms with E-state index < -0.39 is 8.07 Å². The van der Waals surface area contributed by atoms with Gasteiger partial charge in [-0.1, -0.05) is 55.7 Å². The number of benzene rings is 1. The normalized spacial score (nSPS) is 24.8. The van der Waals surface area contributed by atoms with Crippen LogP contribution in [0, 0.1) is 5.92 Å². The first kappa shape index (κ1) is 18.6. The molecule has 2 atom stereocenters. The lowest BCUT2D eigenvalue weighted by Crippen LogP contribution is -2.48. The molecule has 3 rings (SSSR count). The first-order valence-electron chi connectivity index (χ1n) is 10.0. The number of ether oxygens (including phenoxy) is 1. The van der Waals surface area contributed by atoms with E-state index in [0.717, 1.165) is 24.2 Å². The van der Waals surface area contributed by atoms with Crippen molar-refractivity contribution in [3.05, 3.63) is 29.3 Å². The number of fused-ring (bicyclic) bond motifs is 3. The van der Waals surface area contributed by atoms with Crippen LogP contribution in [-0.4, -0.2) is 18.8 Å².